The highest BCUT2D eigenvalue weighted by Crippen LogP contribution is 2.35. The number of aryl methyl sites for hydroxylation is 1. The van der Waals surface area contributed by atoms with E-state index in [9.17, 15) is 9.59 Å². The number of amides is 2. The van der Waals surface area contributed by atoms with Gasteiger partial charge in [0.1, 0.15) is 13.2 Å². The van der Waals surface area contributed by atoms with Crippen LogP contribution in [-0.4, -0.2) is 55.0 Å². The average molecular weight is 507 g/mol. The number of fused-ring (bicyclic) bond motifs is 1. The van der Waals surface area contributed by atoms with Crippen molar-refractivity contribution in [2.24, 2.45) is 5.92 Å². The molecule has 1 atom stereocenters. The highest BCUT2D eigenvalue weighted by molar-refractivity contribution is 7.10. The molecule has 0 aliphatic carbocycles. The molecule has 6 nitrogen and oxygen atoms in total. The van der Waals surface area contributed by atoms with E-state index in [1.807, 2.05) is 60.4 Å². The lowest BCUT2D eigenvalue weighted by atomic mass is 10.00. The van der Waals surface area contributed by atoms with Gasteiger partial charge in [0, 0.05) is 23.5 Å². The Morgan fingerprint density at radius 1 is 1.08 bits per heavy atom. The molecule has 1 aliphatic heterocycles. The molecule has 2 amide bonds. The maximum Gasteiger partial charge on any atom is 0.254 e. The van der Waals surface area contributed by atoms with Crippen molar-refractivity contribution in [2.75, 3.05) is 33.4 Å². The third-order valence-electron chi connectivity index (χ3n) is 6.38. The summed E-state index contributed by atoms with van der Waals surface area (Å²) >= 11 is 1.72. The van der Waals surface area contributed by atoms with Crippen LogP contribution < -0.4 is 9.47 Å². The van der Waals surface area contributed by atoms with Crippen molar-refractivity contribution >= 4 is 23.2 Å². The first-order chi connectivity index (χ1) is 17.4. The molecule has 1 aliphatic rings. The monoisotopic (exact) mass is 506 g/mol. The zero-order chi connectivity index (χ0) is 25.7. The molecule has 0 fully saturated rings. The molecule has 0 saturated heterocycles. The minimum Gasteiger partial charge on any atom is -0.493 e. The van der Waals surface area contributed by atoms with Crippen molar-refractivity contribution in [3.8, 4) is 11.5 Å². The second kappa shape index (κ2) is 11.6. The molecule has 36 heavy (non-hydrogen) atoms. The van der Waals surface area contributed by atoms with Crippen molar-refractivity contribution in [1.29, 1.82) is 0 Å². The molecule has 0 spiro atoms. The number of benzene rings is 2. The van der Waals surface area contributed by atoms with Crippen LogP contribution in [0.1, 0.15) is 46.3 Å². The van der Waals surface area contributed by atoms with Gasteiger partial charge in [-0.2, -0.15) is 0 Å². The molecule has 4 rings (SSSR count). The Kier molecular flexibility index (Phi) is 8.31. The average Bonchev–Trinajstić information content (AvgIpc) is 3.36. The molecule has 0 radical (unpaired) electrons. The van der Waals surface area contributed by atoms with Crippen LogP contribution in [0, 0.1) is 12.8 Å². The van der Waals surface area contributed by atoms with Crippen LogP contribution in [0.3, 0.4) is 0 Å². The van der Waals surface area contributed by atoms with Gasteiger partial charge in [0.25, 0.3) is 5.91 Å². The van der Waals surface area contributed by atoms with E-state index < -0.39 is 0 Å². The molecule has 2 aromatic carbocycles. The molecule has 0 N–H and O–H groups in total. The summed E-state index contributed by atoms with van der Waals surface area (Å²) in [4.78, 5) is 31.9. The molecule has 0 saturated carbocycles. The lowest BCUT2D eigenvalue weighted by Gasteiger charge is -2.37. The zero-order valence-electron chi connectivity index (χ0n) is 21.4. The number of para-hydroxylation sites is 2. The first-order valence-electron chi connectivity index (χ1n) is 12.3. The van der Waals surface area contributed by atoms with Crippen LogP contribution in [0.15, 0.2) is 60.0 Å². The standard InChI is InChI=1S/C29H34N2O4S/c1-20(2)17-30(29(33)22-11-9-21(3)10-12-22)18-28(32)31-15-13-27-23(14-16-36-27)24(31)19-35-26-8-6-5-7-25(26)34-4/h5-12,14,16,20,24H,13,15,17-19H2,1-4H3. The number of hydrogen-bond donors (Lipinski definition) is 0. The van der Waals surface area contributed by atoms with Crippen LogP contribution in [0.2, 0.25) is 0 Å². The Balaban J connectivity index is 1.54. The molecule has 0 bridgehead atoms. The van der Waals surface area contributed by atoms with Gasteiger partial charge < -0.3 is 19.3 Å². The summed E-state index contributed by atoms with van der Waals surface area (Å²) < 4.78 is 11.6. The minimum atomic E-state index is -0.229. The van der Waals surface area contributed by atoms with E-state index in [0.717, 1.165) is 17.5 Å². The van der Waals surface area contributed by atoms with Crippen molar-refractivity contribution in [1.82, 2.24) is 9.80 Å². The minimum absolute atomic E-state index is 0.0372. The summed E-state index contributed by atoms with van der Waals surface area (Å²) in [5.74, 6) is 1.35. The summed E-state index contributed by atoms with van der Waals surface area (Å²) in [5, 5.41) is 2.07. The molecule has 7 heteroatoms. The number of rotatable bonds is 9. The largest absolute Gasteiger partial charge is 0.493 e. The van der Waals surface area contributed by atoms with E-state index in [1.165, 1.54) is 4.88 Å². The van der Waals surface area contributed by atoms with E-state index in [2.05, 4.69) is 25.3 Å². The smallest absolute Gasteiger partial charge is 0.254 e. The van der Waals surface area contributed by atoms with Crippen LogP contribution in [-0.2, 0) is 11.2 Å². The third kappa shape index (κ3) is 5.90. The highest BCUT2D eigenvalue weighted by atomic mass is 32.1. The topological polar surface area (TPSA) is 59.1 Å². The van der Waals surface area contributed by atoms with Gasteiger partial charge in [-0.25, -0.2) is 0 Å². The third-order valence-corrected chi connectivity index (χ3v) is 7.37. The summed E-state index contributed by atoms with van der Waals surface area (Å²) in [6.45, 7) is 7.57. The van der Waals surface area contributed by atoms with Gasteiger partial charge in [-0.1, -0.05) is 43.7 Å². The first kappa shape index (κ1) is 25.8. The molecule has 190 valence electrons. The maximum absolute atomic E-state index is 13.7. The molecular formula is C29H34N2O4S. The van der Waals surface area contributed by atoms with Crippen molar-refractivity contribution in [3.63, 3.8) is 0 Å². The SMILES string of the molecule is COc1ccccc1OCC1c2ccsc2CCN1C(=O)CN(CC(C)C)C(=O)c1ccc(C)cc1. The van der Waals surface area contributed by atoms with Crippen LogP contribution in [0.4, 0.5) is 0 Å². The fraction of sp³-hybridized carbons (Fsp3) is 0.379. The second-order valence-electron chi connectivity index (χ2n) is 9.56. The highest BCUT2D eigenvalue weighted by Gasteiger charge is 2.34. The second-order valence-corrected chi connectivity index (χ2v) is 10.6. The molecule has 3 aromatic rings. The van der Waals surface area contributed by atoms with Gasteiger partial charge in [-0.3, -0.25) is 9.59 Å². The Labute approximate surface area is 217 Å². The number of carbonyl (C=O) groups excluding carboxylic acids is 2. The Morgan fingerprint density at radius 2 is 1.81 bits per heavy atom. The predicted molar refractivity (Wildman–Crippen MR) is 143 cm³/mol. The van der Waals surface area contributed by atoms with E-state index in [4.69, 9.17) is 9.47 Å². The Hall–Kier alpha value is -3.32. The lowest BCUT2D eigenvalue weighted by Crippen LogP contribution is -2.48. The van der Waals surface area contributed by atoms with E-state index in [-0.39, 0.29) is 30.3 Å². The van der Waals surface area contributed by atoms with Crippen molar-refractivity contribution in [3.05, 3.63) is 81.5 Å². The van der Waals surface area contributed by atoms with E-state index in [0.29, 0.717) is 36.8 Å². The summed E-state index contributed by atoms with van der Waals surface area (Å²) in [6, 6.07) is 16.9. The zero-order valence-corrected chi connectivity index (χ0v) is 22.2. The number of ether oxygens (including phenoxy) is 2. The van der Waals surface area contributed by atoms with Crippen molar-refractivity contribution in [2.45, 2.75) is 33.2 Å². The lowest BCUT2D eigenvalue weighted by molar-refractivity contribution is -0.135. The van der Waals surface area contributed by atoms with Gasteiger partial charge in [-0.15, -0.1) is 11.3 Å². The molecule has 1 aromatic heterocycles. The fourth-order valence-corrected chi connectivity index (χ4v) is 5.50. The normalized spacial score (nSPS) is 14.9. The van der Waals surface area contributed by atoms with Crippen molar-refractivity contribution < 1.29 is 19.1 Å². The number of thiophene rings is 1. The summed E-state index contributed by atoms with van der Waals surface area (Å²) in [7, 11) is 1.62. The Bertz CT molecular complexity index is 1190. The maximum atomic E-state index is 13.7. The quantitative estimate of drug-likeness (QED) is 0.392. The predicted octanol–water partition coefficient (Wildman–Crippen LogP) is 5.37. The van der Waals surface area contributed by atoms with Gasteiger partial charge in [0.2, 0.25) is 5.91 Å². The van der Waals surface area contributed by atoms with Gasteiger partial charge in [0.15, 0.2) is 11.5 Å². The van der Waals surface area contributed by atoms with Gasteiger partial charge >= 0.3 is 0 Å². The van der Waals surface area contributed by atoms with E-state index in [1.54, 1.807) is 23.3 Å². The summed E-state index contributed by atoms with van der Waals surface area (Å²) in [6.07, 6.45) is 0.806. The summed E-state index contributed by atoms with van der Waals surface area (Å²) in [5.41, 5.74) is 2.81. The number of methoxy groups -OCH3 is 1. The first-order valence-corrected chi connectivity index (χ1v) is 13.2. The number of carbonyl (C=O) groups is 2. The molecule has 2 heterocycles. The number of hydrogen-bond acceptors (Lipinski definition) is 5. The van der Waals surface area contributed by atoms with Crippen LogP contribution >= 0.6 is 11.3 Å². The van der Waals surface area contributed by atoms with Crippen LogP contribution in [0.25, 0.3) is 0 Å². The van der Waals surface area contributed by atoms with Gasteiger partial charge in [-0.05, 0) is 60.5 Å². The fourth-order valence-electron chi connectivity index (χ4n) is 4.57. The number of nitrogens with zero attached hydrogens (tertiary/aromatic N) is 2. The van der Waals surface area contributed by atoms with E-state index >= 15 is 0 Å². The Morgan fingerprint density at radius 3 is 2.50 bits per heavy atom. The molecular weight excluding hydrogens is 472 g/mol. The van der Waals surface area contributed by atoms with Gasteiger partial charge in [0.05, 0.1) is 13.2 Å². The molecule has 1 unspecified atom stereocenters. The van der Waals surface area contributed by atoms with Crippen LogP contribution in [0.5, 0.6) is 11.5 Å².